The average Bonchev–Trinajstić information content (AvgIpc) is 2.89. The van der Waals surface area contributed by atoms with Crippen LogP contribution in [-0.2, 0) is 57.2 Å². The second-order valence-electron chi connectivity index (χ2n) is 10.4. The Hall–Kier alpha value is -3.70. The molecule has 0 radical (unpaired) electrons. The highest BCUT2D eigenvalue weighted by atomic mass is 16.6. The van der Waals surface area contributed by atoms with Crippen LogP contribution in [0.15, 0.2) is 24.3 Å². The van der Waals surface area contributed by atoms with Crippen molar-refractivity contribution in [3.05, 3.63) is 24.3 Å². The molecule has 0 N–H and O–H groups in total. The molecule has 0 amide bonds. The molecule has 224 valence electrons. The molecule has 3 unspecified atom stereocenters. The van der Waals surface area contributed by atoms with Gasteiger partial charge in [0, 0.05) is 11.1 Å². The molecule has 0 heterocycles. The van der Waals surface area contributed by atoms with E-state index in [-0.39, 0.29) is 70.0 Å². The first kappa shape index (κ1) is 34.3. The number of hydrogen-bond acceptors (Lipinski definition) is 12. The fourth-order valence-corrected chi connectivity index (χ4v) is 3.55. The van der Waals surface area contributed by atoms with Gasteiger partial charge in [-0.25, -0.2) is 9.59 Å². The largest absolute Gasteiger partial charge is 0.462 e. The Balaban J connectivity index is 2.76. The van der Waals surface area contributed by atoms with Crippen LogP contribution >= 0.6 is 0 Å². The number of carbonyl (C=O) groups is 6. The monoisotopic (exact) mass is 568 g/mol. The Morgan fingerprint density at radius 1 is 0.600 bits per heavy atom. The quantitative estimate of drug-likeness (QED) is 0.131. The summed E-state index contributed by atoms with van der Waals surface area (Å²) in [5, 5.41) is 0. The molecule has 1 fully saturated rings. The number of carbonyl (C=O) groups excluding carboxylic acids is 6. The summed E-state index contributed by atoms with van der Waals surface area (Å²) in [6.07, 6.45) is 0.324. The van der Waals surface area contributed by atoms with Crippen LogP contribution in [0.4, 0.5) is 0 Å². The van der Waals surface area contributed by atoms with Gasteiger partial charge in [0.25, 0.3) is 0 Å². The smallest absolute Gasteiger partial charge is 0.333 e. The maximum Gasteiger partial charge on any atom is 0.333 e. The second-order valence-corrected chi connectivity index (χ2v) is 10.4. The highest BCUT2D eigenvalue weighted by molar-refractivity contribution is 5.87. The number of esters is 6. The van der Waals surface area contributed by atoms with Crippen LogP contribution in [0.2, 0.25) is 0 Å². The van der Waals surface area contributed by atoms with Gasteiger partial charge in [-0.2, -0.15) is 0 Å². The first-order valence-corrected chi connectivity index (χ1v) is 13.0. The third-order valence-electron chi connectivity index (χ3n) is 5.78. The topological polar surface area (TPSA) is 158 Å². The number of hydrogen-bond donors (Lipinski definition) is 0. The van der Waals surface area contributed by atoms with Crippen molar-refractivity contribution >= 4 is 35.8 Å². The number of ether oxygens (including phenoxy) is 6. The van der Waals surface area contributed by atoms with Gasteiger partial charge >= 0.3 is 35.8 Å². The number of rotatable bonds is 14. The summed E-state index contributed by atoms with van der Waals surface area (Å²) in [7, 11) is 0. The Kier molecular flexibility index (Phi) is 14.1. The molecule has 12 nitrogen and oxygen atoms in total. The van der Waals surface area contributed by atoms with Crippen LogP contribution < -0.4 is 0 Å². The van der Waals surface area contributed by atoms with Gasteiger partial charge in [0.2, 0.25) is 0 Å². The van der Waals surface area contributed by atoms with Crippen molar-refractivity contribution in [1.29, 1.82) is 0 Å². The lowest BCUT2D eigenvalue weighted by Gasteiger charge is -2.32. The van der Waals surface area contributed by atoms with Crippen LogP contribution in [0.5, 0.6) is 0 Å². The van der Waals surface area contributed by atoms with Gasteiger partial charge in [-0.3, -0.25) is 19.2 Å². The third-order valence-corrected chi connectivity index (χ3v) is 5.78. The first-order chi connectivity index (χ1) is 18.6. The molecular formula is C28H40O12. The molecule has 1 aliphatic rings. The van der Waals surface area contributed by atoms with Crippen molar-refractivity contribution in [2.24, 2.45) is 23.2 Å². The van der Waals surface area contributed by atoms with Crippen LogP contribution in [0.1, 0.15) is 53.9 Å². The average molecular weight is 569 g/mol. The lowest BCUT2D eigenvalue weighted by atomic mass is 9.74. The van der Waals surface area contributed by atoms with Crippen molar-refractivity contribution in [2.45, 2.75) is 53.9 Å². The van der Waals surface area contributed by atoms with E-state index in [9.17, 15) is 28.8 Å². The van der Waals surface area contributed by atoms with Gasteiger partial charge in [-0.05, 0) is 53.9 Å². The summed E-state index contributed by atoms with van der Waals surface area (Å²) in [5.41, 5.74) is -0.321. The molecule has 3 atom stereocenters. The van der Waals surface area contributed by atoms with Gasteiger partial charge < -0.3 is 28.4 Å². The van der Waals surface area contributed by atoms with E-state index in [0.29, 0.717) is 0 Å². The maximum absolute atomic E-state index is 12.9. The van der Waals surface area contributed by atoms with E-state index >= 15 is 0 Å². The van der Waals surface area contributed by atoms with Gasteiger partial charge in [0.1, 0.15) is 39.6 Å². The Morgan fingerprint density at radius 2 is 1.00 bits per heavy atom. The van der Waals surface area contributed by atoms with Crippen molar-refractivity contribution in [3.8, 4) is 0 Å². The molecule has 40 heavy (non-hydrogen) atoms. The molecule has 0 bridgehead atoms. The van der Waals surface area contributed by atoms with Crippen molar-refractivity contribution in [3.63, 3.8) is 0 Å². The Bertz CT molecular complexity index is 974. The minimum Gasteiger partial charge on any atom is -0.462 e. The molecule has 0 spiro atoms. The molecule has 12 heteroatoms. The molecule has 0 saturated heterocycles. The van der Waals surface area contributed by atoms with Crippen molar-refractivity contribution in [2.75, 3.05) is 39.6 Å². The molecule has 1 saturated carbocycles. The van der Waals surface area contributed by atoms with E-state index in [0.717, 1.165) is 0 Å². The summed E-state index contributed by atoms with van der Waals surface area (Å²) in [6, 6.07) is 0. The summed E-state index contributed by atoms with van der Waals surface area (Å²) in [6.45, 7) is 13.8. The van der Waals surface area contributed by atoms with Crippen LogP contribution in [-0.4, -0.2) is 75.5 Å². The lowest BCUT2D eigenvalue weighted by molar-refractivity contribution is -0.170. The highest BCUT2D eigenvalue weighted by Crippen LogP contribution is 2.36. The summed E-state index contributed by atoms with van der Waals surface area (Å²) in [5.74, 6) is -6.43. The fourth-order valence-electron chi connectivity index (χ4n) is 3.55. The van der Waals surface area contributed by atoms with E-state index in [2.05, 4.69) is 13.2 Å². The molecule has 0 aliphatic heterocycles. The molecule has 0 aromatic carbocycles. The fraction of sp³-hybridized carbons (Fsp3) is 0.643. The zero-order chi connectivity index (χ0) is 30.5. The zero-order valence-corrected chi connectivity index (χ0v) is 23.9. The van der Waals surface area contributed by atoms with E-state index in [1.807, 2.05) is 0 Å². The predicted molar refractivity (Wildman–Crippen MR) is 139 cm³/mol. The van der Waals surface area contributed by atoms with Crippen LogP contribution in [0.3, 0.4) is 0 Å². The Labute approximate surface area is 234 Å². The van der Waals surface area contributed by atoms with E-state index in [1.165, 1.54) is 13.8 Å². The Morgan fingerprint density at radius 3 is 1.45 bits per heavy atom. The normalized spacial score (nSPS) is 18.5. The molecule has 0 aromatic rings. The summed E-state index contributed by atoms with van der Waals surface area (Å²) >= 11 is 0. The van der Waals surface area contributed by atoms with Crippen molar-refractivity contribution in [1.82, 2.24) is 0 Å². The second kappa shape index (κ2) is 16.4. The third kappa shape index (κ3) is 12.0. The van der Waals surface area contributed by atoms with Gasteiger partial charge in [-0.1, -0.05) is 13.2 Å². The first-order valence-electron chi connectivity index (χ1n) is 13.0. The van der Waals surface area contributed by atoms with E-state index in [1.54, 1.807) is 20.8 Å². The highest BCUT2D eigenvalue weighted by Gasteiger charge is 2.43. The molecule has 0 aromatic heterocycles. The van der Waals surface area contributed by atoms with E-state index in [4.69, 9.17) is 28.4 Å². The molecule has 1 aliphatic carbocycles. The summed E-state index contributed by atoms with van der Waals surface area (Å²) in [4.78, 5) is 73.2. The van der Waals surface area contributed by atoms with Gasteiger partial charge in [0.05, 0.1) is 23.2 Å². The maximum atomic E-state index is 12.9. The van der Waals surface area contributed by atoms with Crippen LogP contribution in [0, 0.1) is 23.2 Å². The van der Waals surface area contributed by atoms with Gasteiger partial charge in [-0.15, -0.1) is 0 Å². The standard InChI is InChI=1S/C28H40O12/c1-17(2)22(29)35-10-12-37-24(31)19-8-9-20(25(32)38-13-11-36-23(30)18(3)4)21(16-19)26(33)39-14-15-40-27(34)28(5,6)7/h19-21H,1,3,8-16H2,2,4-7H3. The molecular weight excluding hydrogens is 528 g/mol. The minimum absolute atomic E-state index is 0.0462. The summed E-state index contributed by atoms with van der Waals surface area (Å²) < 4.78 is 30.5. The minimum atomic E-state index is -1.03. The molecule has 1 rings (SSSR count). The zero-order valence-electron chi connectivity index (χ0n) is 23.9. The van der Waals surface area contributed by atoms with E-state index < -0.39 is 59.0 Å². The van der Waals surface area contributed by atoms with Crippen molar-refractivity contribution < 1.29 is 57.2 Å². The lowest BCUT2D eigenvalue weighted by Crippen LogP contribution is -2.40. The van der Waals surface area contributed by atoms with Gasteiger partial charge in [0.15, 0.2) is 0 Å². The SMILES string of the molecule is C=C(C)C(=O)OCCOC(=O)C1CCC(C(=O)OCCOC(=O)C(=C)C)C(C(=O)OCCOC(=O)C(C)(C)C)C1. The predicted octanol–water partition coefficient (Wildman–Crippen LogP) is 2.48. The van der Waals surface area contributed by atoms with Crippen LogP contribution in [0.25, 0.3) is 0 Å².